The fourth-order valence-electron chi connectivity index (χ4n) is 4.06. The summed E-state index contributed by atoms with van der Waals surface area (Å²) in [5.74, 6) is 0.891. The van der Waals surface area contributed by atoms with Gasteiger partial charge in [0.05, 0.1) is 20.3 Å². The van der Waals surface area contributed by atoms with Gasteiger partial charge in [0.15, 0.2) is 0 Å². The van der Waals surface area contributed by atoms with Crippen molar-refractivity contribution < 1.29 is 9.47 Å². The zero-order valence-corrected chi connectivity index (χ0v) is 17.3. The summed E-state index contributed by atoms with van der Waals surface area (Å²) >= 11 is 1.88. The third-order valence-electron chi connectivity index (χ3n) is 5.51. The minimum absolute atomic E-state index is 0.836. The van der Waals surface area contributed by atoms with E-state index in [1.807, 2.05) is 23.5 Å². The van der Waals surface area contributed by atoms with Crippen LogP contribution >= 0.6 is 11.3 Å². The second-order valence-electron chi connectivity index (χ2n) is 7.29. The van der Waals surface area contributed by atoms with Gasteiger partial charge in [0.25, 0.3) is 0 Å². The van der Waals surface area contributed by atoms with Crippen LogP contribution in [0.3, 0.4) is 0 Å². The van der Waals surface area contributed by atoms with E-state index in [4.69, 9.17) is 9.47 Å². The molecule has 0 atom stereocenters. The van der Waals surface area contributed by atoms with Crippen LogP contribution in [0.2, 0.25) is 0 Å². The number of hydrogen-bond donors (Lipinski definition) is 1. The van der Waals surface area contributed by atoms with Gasteiger partial charge in [-0.3, -0.25) is 4.90 Å². The molecule has 4 aromatic rings. The van der Waals surface area contributed by atoms with Crippen molar-refractivity contribution in [2.24, 2.45) is 0 Å². The molecule has 1 aliphatic rings. The second kappa shape index (κ2) is 8.03. The number of ether oxygens (including phenoxy) is 2. The lowest BCUT2D eigenvalue weighted by Crippen LogP contribution is -2.35. The molecule has 4 nitrogen and oxygen atoms in total. The van der Waals surface area contributed by atoms with Crippen LogP contribution in [-0.2, 0) is 11.3 Å². The van der Waals surface area contributed by atoms with Gasteiger partial charge in [-0.1, -0.05) is 30.3 Å². The van der Waals surface area contributed by atoms with Crippen LogP contribution in [0, 0.1) is 0 Å². The minimum Gasteiger partial charge on any atom is -0.496 e. The molecule has 0 aliphatic carbocycles. The van der Waals surface area contributed by atoms with E-state index in [1.165, 1.54) is 26.3 Å². The Kier molecular flexibility index (Phi) is 5.10. The highest BCUT2D eigenvalue weighted by molar-refractivity contribution is 7.15. The zero-order valence-electron chi connectivity index (χ0n) is 16.5. The quantitative estimate of drug-likeness (QED) is 0.484. The largest absolute Gasteiger partial charge is 0.496 e. The number of fused-ring (bicyclic) bond motifs is 1. The van der Waals surface area contributed by atoms with Crippen molar-refractivity contribution in [3.8, 4) is 27.3 Å². The third kappa shape index (κ3) is 3.57. The second-order valence-corrected chi connectivity index (χ2v) is 8.45. The lowest BCUT2D eigenvalue weighted by molar-refractivity contribution is 0.0346. The number of hydrogen-bond acceptors (Lipinski definition) is 4. The van der Waals surface area contributed by atoms with Gasteiger partial charge in [0.1, 0.15) is 5.75 Å². The van der Waals surface area contributed by atoms with Crippen LogP contribution in [0.5, 0.6) is 5.75 Å². The Labute approximate surface area is 174 Å². The van der Waals surface area contributed by atoms with Crippen LogP contribution in [0.4, 0.5) is 0 Å². The Balaban J connectivity index is 1.55. The fraction of sp³-hybridized carbons (Fsp3) is 0.250. The van der Waals surface area contributed by atoms with Crippen molar-refractivity contribution in [2.75, 3.05) is 33.4 Å². The first-order valence-corrected chi connectivity index (χ1v) is 10.8. The minimum atomic E-state index is 0.836. The lowest BCUT2D eigenvalue weighted by atomic mass is 9.99. The first-order valence-electron chi connectivity index (χ1n) is 9.96. The molecular formula is C24H24N2O2S. The Morgan fingerprint density at radius 1 is 0.966 bits per heavy atom. The molecule has 0 saturated carbocycles. The summed E-state index contributed by atoms with van der Waals surface area (Å²) in [7, 11) is 1.73. The van der Waals surface area contributed by atoms with Gasteiger partial charge >= 0.3 is 0 Å². The van der Waals surface area contributed by atoms with Crippen LogP contribution in [-0.4, -0.2) is 43.3 Å². The zero-order chi connectivity index (χ0) is 19.6. The SMILES string of the molecule is COc1ccccc1-c1c[nH]c2cccc(-c3ccc(CN4CCOCC4)s3)c12. The van der Waals surface area contributed by atoms with Crippen LogP contribution in [0.25, 0.3) is 32.5 Å². The molecule has 1 aliphatic heterocycles. The number of benzene rings is 2. The summed E-state index contributed by atoms with van der Waals surface area (Å²) in [5, 5.41) is 1.25. The van der Waals surface area contributed by atoms with Gasteiger partial charge in [-0.2, -0.15) is 0 Å². The molecule has 0 spiro atoms. The summed E-state index contributed by atoms with van der Waals surface area (Å²) in [6.45, 7) is 4.69. The average molecular weight is 405 g/mol. The number of thiophene rings is 1. The van der Waals surface area contributed by atoms with E-state index in [0.29, 0.717) is 0 Å². The number of nitrogens with zero attached hydrogens (tertiary/aromatic N) is 1. The predicted molar refractivity (Wildman–Crippen MR) is 120 cm³/mol. The van der Waals surface area contributed by atoms with Gasteiger partial charge in [-0.05, 0) is 24.3 Å². The highest BCUT2D eigenvalue weighted by Gasteiger charge is 2.17. The number of H-pyrrole nitrogens is 1. The molecule has 1 saturated heterocycles. The summed E-state index contributed by atoms with van der Waals surface area (Å²) < 4.78 is 11.1. The number of morpholine rings is 1. The van der Waals surface area contributed by atoms with Gasteiger partial charge < -0.3 is 14.5 Å². The van der Waals surface area contributed by atoms with Gasteiger partial charge in [-0.25, -0.2) is 0 Å². The average Bonchev–Trinajstić information content (AvgIpc) is 3.41. The number of rotatable bonds is 5. The Morgan fingerprint density at radius 2 is 1.79 bits per heavy atom. The molecule has 2 aromatic carbocycles. The maximum Gasteiger partial charge on any atom is 0.126 e. The lowest BCUT2D eigenvalue weighted by Gasteiger charge is -2.25. The molecule has 0 bridgehead atoms. The Bertz CT molecular complexity index is 1120. The van der Waals surface area contributed by atoms with Crippen molar-refractivity contribution in [3.05, 3.63) is 65.7 Å². The van der Waals surface area contributed by atoms with Crippen molar-refractivity contribution >= 4 is 22.2 Å². The standard InChI is InChI=1S/C24H24N2O2S/c1-27-22-8-3-2-5-18(22)20-15-25-21-7-4-6-19(24(20)21)23-10-9-17(29-23)16-26-11-13-28-14-12-26/h2-10,15,25H,11-14,16H2,1H3. The molecule has 2 aromatic heterocycles. The first kappa shape index (κ1) is 18.4. The summed E-state index contributed by atoms with van der Waals surface area (Å²) in [6.07, 6.45) is 2.09. The van der Waals surface area contributed by atoms with Gasteiger partial charge in [0.2, 0.25) is 0 Å². The van der Waals surface area contributed by atoms with E-state index < -0.39 is 0 Å². The number of nitrogens with one attached hydrogen (secondary N) is 1. The first-order chi connectivity index (χ1) is 14.3. The molecule has 0 radical (unpaired) electrons. The van der Waals surface area contributed by atoms with Crippen LogP contribution in [0.15, 0.2) is 60.8 Å². The van der Waals surface area contributed by atoms with E-state index in [1.54, 1.807) is 7.11 Å². The van der Waals surface area contributed by atoms with E-state index in [-0.39, 0.29) is 0 Å². The molecule has 0 amide bonds. The Morgan fingerprint density at radius 3 is 2.66 bits per heavy atom. The molecule has 148 valence electrons. The highest BCUT2D eigenvalue weighted by atomic mass is 32.1. The number of methoxy groups -OCH3 is 1. The van der Waals surface area contributed by atoms with Crippen molar-refractivity contribution in [1.29, 1.82) is 0 Å². The van der Waals surface area contributed by atoms with Crippen molar-refractivity contribution in [2.45, 2.75) is 6.54 Å². The monoisotopic (exact) mass is 404 g/mol. The fourth-order valence-corrected chi connectivity index (χ4v) is 5.14. The summed E-state index contributed by atoms with van der Waals surface area (Å²) in [5.41, 5.74) is 4.70. The molecule has 1 fully saturated rings. The van der Waals surface area contributed by atoms with E-state index in [2.05, 4.69) is 58.5 Å². The molecule has 5 rings (SSSR count). The Hall–Kier alpha value is -2.60. The summed E-state index contributed by atoms with van der Waals surface area (Å²) in [4.78, 5) is 8.61. The molecule has 5 heteroatoms. The maximum atomic E-state index is 5.63. The molecule has 29 heavy (non-hydrogen) atoms. The number of para-hydroxylation sites is 1. The number of aromatic amines is 1. The predicted octanol–water partition coefficient (Wildman–Crippen LogP) is 5.40. The summed E-state index contributed by atoms with van der Waals surface area (Å²) in [6, 6.07) is 19.2. The van der Waals surface area contributed by atoms with Crippen LogP contribution < -0.4 is 4.74 Å². The molecular weight excluding hydrogens is 380 g/mol. The van der Waals surface area contributed by atoms with Gasteiger partial charge in [-0.15, -0.1) is 11.3 Å². The maximum absolute atomic E-state index is 5.63. The number of aromatic nitrogens is 1. The molecule has 3 heterocycles. The van der Waals surface area contributed by atoms with Crippen molar-refractivity contribution in [3.63, 3.8) is 0 Å². The smallest absolute Gasteiger partial charge is 0.126 e. The van der Waals surface area contributed by atoms with Gasteiger partial charge in [0, 0.05) is 63.2 Å². The topological polar surface area (TPSA) is 37.5 Å². The van der Waals surface area contributed by atoms with E-state index in [9.17, 15) is 0 Å². The highest BCUT2D eigenvalue weighted by Crippen LogP contribution is 2.41. The van der Waals surface area contributed by atoms with Crippen LogP contribution in [0.1, 0.15) is 4.88 Å². The van der Waals surface area contributed by atoms with Crippen molar-refractivity contribution in [1.82, 2.24) is 9.88 Å². The van der Waals surface area contributed by atoms with E-state index in [0.717, 1.165) is 49.7 Å². The molecule has 1 N–H and O–H groups in total. The normalized spacial score (nSPS) is 15.1. The molecule has 0 unspecified atom stereocenters. The van der Waals surface area contributed by atoms with E-state index >= 15 is 0 Å². The third-order valence-corrected chi connectivity index (χ3v) is 6.62.